The van der Waals surface area contributed by atoms with Crippen LogP contribution in [0.4, 0.5) is 18.9 Å². The van der Waals surface area contributed by atoms with E-state index >= 15 is 0 Å². The van der Waals surface area contributed by atoms with E-state index in [2.05, 4.69) is 10.3 Å². The topological polar surface area (TPSA) is 84.1 Å². The maximum absolute atomic E-state index is 13.2. The number of cyclic esters (lactones) is 1. The number of nitrogens with zero attached hydrogens (tertiary/aromatic N) is 2. The molecular formula is C20H16Cl2F3N3O4. The molecule has 4 rings (SSSR count). The van der Waals surface area contributed by atoms with Crippen molar-refractivity contribution in [2.45, 2.75) is 18.3 Å². The van der Waals surface area contributed by atoms with Crippen molar-refractivity contribution in [2.75, 3.05) is 31.6 Å². The molecule has 170 valence electrons. The van der Waals surface area contributed by atoms with Gasteiger partial charge in [0, 0.05) is 25.7 Å². The molecule has 2 aliphatic rings. The van der Waals surface area contributed by atoms with Gasteiger partial charge in [0.05, 0.1) is 34.5 Å². The molecule has 2 aliphatic heterocycles. The van der Waals surface area contributed by atoms with Crippen molar-refractivity contribution in [3.63, 3.8) is 0 Å². The third-order valence-electron chi connectivity index (χ3n) is 5.04. The Morgan fingerprint density at radius 2 is 1.91 bits per heavy atom. The van der Waals surface area contributed by atoms with Crippen molar-refractivity contribution in [1.29, 1.82) is 0 Å². The molecule has 1 atom stereocenters. The normalized spacial score (nSPS) is 20.7. The number of hydrogen-bond donors (Lipinski definition) is 1. The van der Waals surface area contributed by atoms with Crippen molar-refractivity contribution < 1.29 is 32.2 Å². The Morgan fingerprint density at radius 1 is 1.22 bits per heavy atom. The minimum absolute atomic E-state index is 0.00561. The van der Waals surface area contributed by atoms with Gasteiger partial charge in [0.1, 0.15) is 0 Å². The summed E-state index contributed by atoms with van der Waals surface area (Å²) in [6.07, 6.45) is -3.60. The average Bonchev–Trinajstić information content (AvgIpc) is 3.36. The second kappa shape index (κ2) is 8.42. The lowest BCUT2D eigenvalue weighted by atomic mass is 10.0. The zero-order valence-electron chi connectivity index (χ0n) is 16.3. The highest BCUT2D eigenvalue weighted by Crippen LogP contribution is 2.39. The summed E-state index contributed by atoms with van der Waals surface area (Å²) in [5.74, 6) is -1.09. The van der Waals surface area contributed by atoms with Crippen LogP contribution < -0.4 is 5.32 Å². The Kier molecular flexibility index (Phi) is 5.95. The van der Waals surface area contributed by atoms with Crippen molar-refractivity contribution in [2.24, 2.45) is 0 Å². The van der Waals surface area contributed by atoms with Crippen molar-refractivity contribution in [3.8, 4) is 0 Å². The summed E-state index contributed by atoms with van der Waals surface area (Å²) in [5, 5.41) is 2.56. The fourth-order valence-electron chi connectivity index (χ4n) is 3.39. The zero-order chi connectivity index (χ0) is 23.1. The summed E-state index contributed by atoms with van der Waals surface area (Å²) in [5.41, 5.74) is -2.37. The molecule has 0 radical (unpaired) electrons. The first kappa shape index (κ1) is 22.6. The molecule has 1 amide bonds. The fraction of sp³-hybridized carbons (Fsp3) is 0.350. The highest BCUT2D eigenvalue weighted by molar-refractivity contribution is 6.31. The van der Waals surface area contributed by atoms with E-state index in [1.807, 2.05) is 0 Å². The number of morpholine rings is 1. The molecule has 2 aromatic rings. The van der Waals surface area contributed by atoms with E-state index in [1.165, 1.54) is 18.3 Å². The van der Waals surface area contributed by atoms with E-state index in [-0.39, 0.29) is 28.4 Å². The molecule has 3 heterocycles. The number of carbonyl (C=O) groups excluding carboxylic acids is 2. The Labute approximate surface area is 190 Å². The Morgan fingerprint density at radius 3 is 2.53 bits per heavy atom. The van der Waals surface area contributed by atoms with E-state index in [4.69, 9.17) is 32.7 Å². The van der Waals surface area contributed by atoms with Crippen LogP contribution in [0.3, 0.4) is 0 Å². The minimum Gasteiger partial charge on any atom is -0.423 e. The summed E-state index contributed by atoms with van der Waals surface area (Å²) < 4.78 is 49.9. The van der Waals surface area contributed by atoms with Crippen LogP contribution in [0.15, 0.2) is 30.5 Å². The first-order chi connectivity index (χ1) is 15.1. The second-order valence-corrected chi connectivity index (χ2v) is 8.13. The molecule has 1 aromatic heterocycles. The fourth-order valence-corrected chi connectivity index (χ4v) is 3.77. The average molecular weight is 490 g/mol. The van der Waals surface area contributed by atoms with E-state index in [1.54, 1.807) is 4.90 Å². The third-order valence-corrected chi connectivity index (χ3v) is 5.57. The molecule has 0 aliphatic carbocycles. The van der Waals surface area contributed by atoms with Crippen molar-refractivity contribution in [3.05, 3.63) is 57.3 Å². The standard InChI is InChI=1S/C20H16Cl2F3N3O4/c21-12-8-15(16(26-10-12)17(29)28-3-5-31-6-4-28)27-19(18(30)32-19)9-11-1-2-14(22)13(7-11)20(23,24)25/h1-2,7-8,10,27H,3-6,9H2. The number of alkyl halides is 3. The van der Waals surface area contributed by atoms with Gasteiger partial charge >= 0.3 is 12.1 Å². The Bertz CT molecular complexity index is 1080. The van der Waals surface area contributed by atoms with Crippen LogP contribution in [0.1, 0.15) is 21.6 Å². The van der Waals surface area contributed by atoms with Gasteiger partial charge in [-0.15, -0.1) is 0 Å². The molecule has 1 aromatic carbocycles. The van der Waals surface area contributed by atoms with Gasteiger partial charge in [-0.3, -0.25) is 4.79 Å². The minimum atomic E-state index is -4.66. The lowest BCUT2D eigenvalue weighted by Gasteiger charge is -2.27. The number of halogens is 5. The van der Waals surface area contributed by atoms with E-state index < -0.39 is 34.4 Å². The molecule has 0 spiro atoms. The maximum atomic E-state index is 13.2. The number of pyridine rings is 1. The third kappa shape index (κ3) is 4.62. The van der Waals surface area contributed by atoms with Crippen LogP contribution in [-0.2, 0) is 26.9 Å². The van der Waals surface area contributed by atoms with E-state index in [9.17, 15) is 22.8 Å². The van der Waals surface area contributed by atoms with Crippen LogP contribution in [-0.4, -0.2) is 53.8 Å². The smallest absolute Gasteiger partial charge is 0.417 e. The van der Waals surface area contributed by atoms with E-state index in [0.717, 1.165) is 12.1 Å². The number of epoxide rings is 1. The lowest BCUT2D eigenvalue weighted by Crippen LogP contribution is -2.41. The summed E-state index contributed by atoms with van der Waals surface area (Å²) in [7, 11) is 0. The quantitative estimate of drug-likeness (QED) is 0.643. The number of aromatic nitrogens is 1. The zero-order valence-corrected chi connectivity index (χ0v) is 17.9. The van der Waals surface area contributed by atoms with Gasteiger partial charge in [-0.1, -0.05) is 29.3 Å². The van der Waals surface area contributed by atoms with Crippen molar-refractivity contribution in [1.82, 2.24) is 9.88 Å². The number of ether oxygens (including phenoxy) is 2. The number of carbonyl (C=O) groups is 2. The lowest BCUT2D eigenvalue weighted by molar-refractivity contribution is -0.137. The molecule has 12 heteroatoms. The highest BCUT2D eigenvalue weighted by atomic mass is 35.5. The molecule has 2 saturated heterocycles. The number of benzene rings is 1. The largest absolute Gasteiger partial charge is 0.423 e. The van der Waals surface area contributed by atoms with Gasteiger partial charge in [0.25, 0.3) is 11.6 Å². The van der Waals surface area contributed by atoms with Gasteiger partial charge in [-0.2, -0.15) is 13.2 Å². The molecule has 32 heavy (non-hydrogen) atoms. The van der Waals surface area contributed by atoms with Crippen LogP contribution >= 0.6 is 23.2 Å². The first-order valence-corrected chi connectivity index (χ1v) is 10.2. The SMILES string of the molecule is O=C(c1ncc(Cl)cc1NC1(Cc2ccc(Cl)c(C(F)(F)F)c2)OC1=O)N1CCOCC1. The Hall–Kier alpha value is -2.56. The molecule has 1 N–H and O–H groups in total. The van der Waals surface area contributed by atoms with Gasteiger partial charge < -0.3 is 19.7 Å². The molecular weight excluding hydrogens is 474 g/mol. The number of hydrogen-bond acceptors (Lipinski definition) is 6. The summed E-state index contributed by atoms with van der Waals surface area (Å²) >= 11 is 11.7. The van der Waals surface area contributed by atoms with Crippen LogP contribution in [0.25, 0.3) is 0 Å². The summed E-state index contributed by atoms with van der Waals surface area (Å²) in [6, 6.07) is 4.74. The number of rotatable bonds is 5. The van der Waals surface area contributed by atoms with Crippen LogP contribution in [0.5, 0.6) is 0 Å². The van der Waals surface area contributed by atoms with Gasteiger partial charge in [-0.05, 0) is 23.8 Å². The maximum Gasteiger partial charge on any atom is 0.417 e. The van der Waals surface area contributed by atoms with Crippen LogP contribution in [0.2, 0.25) is 10.0 Å². The Balaban J connectivity index is 1.61. The predicted octanol–water partition coefficient (Wildman–Crippen LogP) is 3.79. The molecule has 2 fully saturated rings. The highest BCUT2D eigenvalue weighted by Gasteiger charge is 2.59. The van der Waals surface area contributed by atoms with Gasteiger partial charge in [-0.25, -0.2) is 9.78 Å². The van der Waals surface area contributed by atoms with E-state index in [0.29, 0.717) is 26.3 Å². The second-order valence-electron chi connectivity index (χ2n) is 7.28. The van der Waals surface area contributed by atoms with Crippen molar-refractivity contribution >= 4 is 40.8 Å². The van der Waals surface area contributed by atoms with Gasteiger partial charge in [0.2, 0.25) is 0 Å². The molecule has 0 saturated carbocycles. The number of nitrogens with one attached hydrogen (secondary N) is 1. The summed E-state index contributed by atoms with van der Waals surface area (Å²) in [6.45, 7) is 1.50. The molecule has 0 bridgehead atoms. The van der Waals surface area contributed by atoms with Crippen LogP contribution in [0, 0.1) is 0 Å². The summed E-state index contributed by atoms with van der Waals surface area (Å²) in [4.78, 5) is 30.7. The van der Waals surface area contributed by atoms with Gasteiger partial charge in [0.15, 0.2) is 5.69 Å². The monoisotopic (exact) mass is 489 g/mol. The molecule has 1 unspecified atom stereocenters. The number of anilines is 1. The first-order valence-electron chi connectivity index (χ1n) is 9.49. The number of amides is 1. The molecule has 7 nitrogen and oxygen atoms in total. The predicted molar refractivity (Wildman–Crippen MR) is 109 cm³/mol.